The fourth-order valence-corrected chi connectivity index (χ4v) is 3.66. The Kier molecular flexibility index (Phi) is 5.14. The van der Waals surface area contributed by atoms with E-state index in [0.29, 0.717) is 6.61 Å². The van der Waals surface area contributed by atoms with Gasteiger partial charge >= 0.3 is 0 Å². The summed E-state index contributed by atoms with van der Waals surface area (Å²) in [6.45, 7) is 5.57. The second kappa shape index (κ2) is 7.68. The van der Waals surface area contributed by atoms with Gasteiger partial charge in [-0.2, -0.15) is 0 Å². The molecule has 3 heterocycles. The fraction of sp³-hybridized carbons (Fsp3) is 0.444. The van der Waals surface area contributed by atoms with E-state index in [9.17, 15) is 0 Å². The van der Waals surface area contributed by atoms with Gasteiger partial charge in [0.1, 0.15) is 24.1 Å². The molecule has 25 heavy (non-hydrogen) atoms. The molecule has 0 spiro atoms. The molecule has 132 valence electrons. The van der Waals surface area contributed by atoms with E-state index in [1.54, 1.807) is 6.33 Å². The lowest BCUT2D eigenvalue weighted by atomic mass is 10.1. The molecule has 1 atom stereocenters. The summed E-state index contributed by atoms with van der Waals surface area (Å²) < 4.78 is 12.5. The van der Waals surface area contributed by atoms with E-state index in [-0.39, 0.29) is 6.10 Å². The van der Waals surface area contributed by atoms with Crippen LogP contribution >= 0.6 is 15.9 Å². The third-order valence-electron chi connectivity index (χ3n) is 4.58. The van der Waals surface area contributed by atoms with Crippen LogP contribution in [0.2, 0.25) is 0 Å². The Labute approximate surface area is 155 Å². The van der Waals surface area contributed by atoms with E-state index < -0.39 is 0 Å². The summed E-state index contributed by atoms with van der Waals surface area (Å²) >= 11 is 3.54. The van der Waals surface area contributed by atoms with Crippen molar-refractivity contribution in [1.29, 1.82) is 0 Å². The molecule has 7 heteroatoms. The number of aromatic nitrogens is 2. The topological polar surface area (TPSA) is 50.7 Å². The molecule has 2 fully saturated rings. The molecule has 0 saturated carbocycles. The van der Waals surface area contributed by atoms with Gasteiger partial charge in [-0.25, -0.2) is 9.97 Å². The molecule has 2 aromatic rings. The third kappa shape index (κ3) is 3.94. The lowest BCUT2D eigenvalue weighted by molar-refractivity contribution is 0.0395. The molecule has 6 nitrogen and oxygen atoms in total. The van der Waals surface area contributed by atoms with Gasteiger partial charge < -0.3 is 19.3 Å². The van der Waals surface area contributed by atoms with E-state index in [1.807, 2.05) is 12.1 Å². The van der Waals surface area contributed by atoms with Crippen molar-refractivity contribution in [2.45, 2.75) is 6.10 Å². The third-order valence-corrected chi connectivity index (χ3v) is 5.08. The predicted molar refractivity (Wildman–Crippen MR) is 100 cm³/mol. The lowest BCUT2D eigenvalue weighted by Gasteiger charge is -2.34. The van der Waals surface area contributed by atoms with Crippen molar-refractivity contribution in [3.05, 3.63) is 46.7 Å². The standard InChI is InChI=1S/C18H21BrN4O2/c19-15-3-1-2-14(10-15)16-12-23(6-9-25-16)18-11-17(20-13-21-18)22-4-7-24-8-5-22/h1-3,10-11,13,16H,4-9,12H2. The number of nitrogens with zero attached hydrogens (tertiary/aromatic N) is 4. The van der Waals surface area contributed by atoms with Crippen LogP contribution in [0.3, 0.4) is 0 Å². The highest BCUT2D eigenvalue weighted by atomic mass is 79.9. The summed E-state index contributed by atoms with van der Waals surface area (Å²) in [6.07, 6.45) is 1.71. The molecular weight excluding hydrogens is 384 g/mol. The first-order valence-corrected chi connectivity index (χ1v) is 9.36. The van der Waals surface area contributed by atoms with E-state index in [2.05, 4.69) is 53.9 Å². The quantitative estimate of drug-likeness (QED) is 0.783. The Balaban J connectivity index is 1.51. The Morgan fingerprint density at radius 2 is 1.72 bits per heavy atom. The van der Waals surface area contributed by atoms with Crippen molar-refractivity contribution in [2.24, 2.45) is 0 Å². The zero-order valence-electron chi connectivity index (χ0n) is 14.0. The van der Waals surface area contributed by atoms with Gasteiger partial charge in [-0.15, -0.1) is 0 Å². The maximum Gasteiger partial charge on any atom is 0.134 e. The van der Waals surface area contributed by atoms with Crippen LogP contribution in [0.5, 0.6) is 0 Å². The summed E-state index contributed by atoms with van der Waals surface area (Å²) in [5.41, 5.74) is 1.18. The molecule has 1 aromatic carbocycles. The number of morpholine rings is 2. The van der Waals surface area contributed by atoms with Gasteiger partial charge in [0.25, 0.3) is 0 Å². The van der Waals surface area contributed by atoms with E-state index in [1.165, 1.54) is 5.56 Å². The summed E-state index contributed by atoms with van der Waals surface area (Å²) in [6, 6.07) is 10.4. The molecule has 1 aromatic heterocycles. The van der Waals surface area contributed by atoms with Gasteiger partial charge in [0.15, 0.2) is 0 Å². The van der Waals surface area contributed by atoms with Crippen molar-refractivity contribution >= 4 is 27.6 Å². The zero-order valence-corrected chi connectivity index (χ0v) is 15.6. The van der Waals surface area contributed by atoms with Crippen LogP contribution < -0.4 is 9.80 Å². The molecule has 0 radical (unpaired) electrons. The average molecular weight is 405 g/mol. The molecule has 2 aliphatic rings. The minimum Gasteiger partial charge on any atom is -0.378 e. The van der Waals surface area contributed by atoms with E-state index >= 15 is 0 Å². The normalized spacial score (nSPS) is 21.4. The minimum atomic E-state index is 0.0491. The second-order valence-electron chi connectivity index (χ2n) is 6.19. The van der Waals surface area contributed by atoms with Crippen molar-refractivity contribution in [3.63, 3.8) is 0 Å². The molecular formula is C18H21BrN4O2. The smallest absolute Gasteiger partial charge is 0.134 e. The number of anilines is 2. The molecule has 2 aliphatic heterocycles. The summed E-state index contributed by atoms with van der Waals surface area (Å²) in [5, 5.41) is 0. The monoisotopic (exact) mass is 404 g/mol. The highest BCUT2D eigenvalue weighted by Gasteiger charge is 2.24. The van der Waals surface area contributed by atoms with Crippen molar-refractivity contribution in [2.75, 3.05) is 55.8 Å². The van der Waals surface area contributed by atoms with Crippen LogP contribution in [0.25, 0.3) is 0 Å². The second-order valence-corrected chi connectivity index (χ2v) is 7.11. The maximum absolute atomic E-state index is 5.98. The van der Waals surface area contributed by atoms with Crippen LogP contribution in [0, 0.1) is 0 Å². The minimum absolute atomic E-state index is 0.0491. The number of benzene rings is 1. The first-order valence-electron chi connectivity index (χ1n) is 8.56. The maximum atomic E-state index is 5.98. The molecule has 0 aliphatic carbocycles. The highest BCUT2D eigenvalue weighted by molar-refractivity contribution is 9.10. The van der Waals surface area contributed by atoms with Crippen molar-refractivity contribution < 1.29 is 9.47 Å². The summed E-state index contributed by atoms with van der Waals surface area (Å²) in [4.78, 5) is 13.5. The van der Waals surface area contributed by atoms with E-state index in [4.69, 9.17) is 9.47 Å². The number of rotatable bonds is 3. The Morgan fingerprint density at radius 1 is 0.960 bits per heavy atom. The molecule has 0 amide bonds. The highest BCUT2D eigenvalue weighted by Crippen LogP contribution is 2.28. The molecule has 4 rings (SSSR count). The van der Waals surface area contributed by atoms with Gasteiger partial charge in [0.05, 0.1) is 19.8 Å². The predicted octanol–water partition coefficient (Wildman–Crippen LogP) is 2.65. The Hall–Kier alpha value is -1.70. The fourth-order valence-electron chi connectivity index (χ4n) is 3.24. The zero-order chi connectivity index (χ0) is 17.1. The van der Waals surface area contributed by atoms with Crippen molar-refractivity contribution in [1.82, 2.24) is 9.97 Å². The molecule has 2 saturated heterocycles. The van der Waals surface area contributed by atoms with Crippen LogP contribution in [-0.4, -0.2) is 56.0 Å². The lowest BCUT2D eigenvalue weighted by Crippen LogP contribution is -2.39. The molecule has 1 unspecified atom stereocenters. The largest absolute Gasteiger partial charge is 0.378 e. The van der Waals surface area contributed by atoms with Crippen molar-refractivity contribution in [3.8, 4) is 0 Å². The number of hydrogen-bond donors (Lipinski definition) is 0. The number of ether oxygens (including phenoxy) is 2. The van der Waals surface area contributed by atoms with Crippen LogP contribution in [0.1, 0.15) is 11.7 Å². The van der Waals surface area contributed by atoms with Gasteiger partial charge in [-0.3, -0.25) is 0 Å². The van der Waals surface area contributed by atoms with Crippen LogP contribution in [0.15, 0.2) is 41.1 Å². The number of hydrogen-bond acceptors (Lipinski definition) is 6. The first kappa shape index (κ1) is 16.8. The molecule has 0 N–H and O–H groups in total. The number of halogens is 1. The van der Waals surface area contributed by atoms with Crippen LogP contribution in [0.4, 0.5) is 11.6 Å². The van der Waals surface area contributed by atoms with Gasteiger partial charge in [-0.1, -0.05) is 28.1 Å². The molecule has 0 bridgehead atoms. The van der Waals surface area contributed by atoms with E-state index in [0.717, 1.165) is 55.5 Å². The van der Waals surface area contributed by atoms with Gasteiger partial charge in [0.2, 0.25) is 0 Å². The Bertz CT molecular complexity index is 724. The SMILES string of the molecule is Brc1cccc(C2CN(c3cc(N4CCOCC4)ncn3)CCO2)c1. The van der Waals surface area contributed by atoms with Gasteiger partial charge in [0, 0.05) is 36.7 Å². The average Bonchev–Trinajstić information content (AvgIpc) is 2.69. The summed E-state index contributed by atoms with van der Waals surface area (Å²) in [5.74, 6) is 1.93. The summed E-state index contributed by atoms with van der Waals surface area (Å²) in [7, 11) is 0. The van der Waals surface area contributed by atoms with Gasteiger partial charge in [-0.05, 0) is 17.7 Å². The van der Waals surface area contributed by atoms with Crippen LogP contribution in [-0.2, 0) is 9.47 Å². The first-order chi connectivity index (χ1) is 12.3. The Morgan fingerprint density at radius 3 is 2.52 bits per heavy atom.